The molecule has 0 spiro atoms. The van der Waals surface area contributed by atoms with Crippen LogP contribution in [0, 0.1) is 0 Å². The van der Waals surface area contributed by atoms with E-state index in [0.717, 1.165) is 16.7 Å². The molecule has 3 aromatic rings. The van der Waals surface area contributed by atoms with Gasteiger partial charge < -0.3 is 14.2 Å². The van der Waals surface area contributed by atoms with Gasteiger partial charge in [0.15, 0.2) is 5.76 Å². The van der Waals surface area contributed by atoms with Gasteiger partial charge in [-0.05, 0) is 17.2 Å². The third-order valence-electron chi connectivity index (χ3n) is 4.83. The molecule has 0 saturated heterocycles. The van der Waals surface area contributed by atoms with E-state index in [0.29, 0.717) is 11.5 Å². The Bertz CT molecular complexity index is 1060. The van der Waals surface area contributed by atoms with Crippen molar-refractivity contribution in [2.45, 2.75) is 26.0 Å². The molecule has 0 fully saturated rings. The number of hydrogen-bond donors (Lipinski definition) is 0. The number of esters is 1. The fraction of sp³-hybridized carbons (Fsp3) is 0.174. The molecule has 0 N–H and O–H groups in total. The first kappa shape index (κ1) is 18.7. The Morgan fingerprint density at radius 2 is 1.86 bits per heavy atom. The molecule has 4 rings (SSSR count). The van der Waals surface area contributed by atoms with Crippen LogP contribution < -0.4 is 0 Å². The predicted octanol–water partition coefficient (Wildman–Crippen LogP) is 4.35. The van der Waals surface area contributed by atoms with Gasteiger partial charge in [0, 0.05) is 24.8 Å². The maximum absolute atomic E-state index is 12.5. The number of carbonyl (C=O) groups is 2. The van der Waals surface area contributed by atoms with Crippen molar-refractivity contribution in [1.29, 1.82) is 0 Å². The Hall–Kier alpha value is -3.67. The summed E-state index contributed by atoms with van der Waals surface area (Å²) in [6.07, 6.45) is 3.65. The minimum Gasteiger partial charge on any atom is -0.459 e. The van der Waals surface area contributed by atoms with E-state index in [-0.39, 0.29) is 18.9 Å². The van der Waals surface area contributed by atoms with Gasteiger partial charge in [-0.25, -0.2) is 0 Å². The highest BCUT2D eigenvalue weighted by molar-refractivity contribution is 5.80. The Morgan fingerprint density at radius 3 is 2.66 bits per heavy atom. The molecule has 2 aromatic carbocycles. The summed E-state index contributed by atoms with van der Waals surface area (Å²) in [4.78, 5) is 26.1. The van der Waals surface area contributed by atoms with Crippen LogP contribution in [-0.4, -0.2) is 21.9 Å². The van der Waals surface area contributed by atoms with Crippen LogP contribution in [0.2, 0.25) is 0 Å². The summed E-state index contributed by atoms with van der Waals surface area (Å²) in [6, 6.07) is 18.7. The van der Waals surface area contributed by atoms with Crippen LogP contribution in [0.1, 0.15) is 36.2 Å². The van der Waals surface area contributed by atoms with Crippen molar-refractivity contribution in [2.75, 3.05) is 0 Å². The molecular formula is C23H20N2O4. The third kappa shape index (κ3) is 4.11. The van der Waals surface area contributed by atoms with Gasteiger partial charge >= 0.3 is 5.97 Å². The summed E-state index contributed by atoms with van der Waals surface area (Å²) in [5.74, 6) is 0.0823. The summed E-state index contributed by atoms with van der Waals surface area (Å²) in [5, 5.41) is 3.96. The van der Waals surface area contributed by atoms with Crippen LogP contribution in [0.3, 0.4) is 0 Å². The maximum Gasteiger partial charge on any atom is 0.308 e. The smallest absolute Gasteiger partial charge is 0.308 e. The predicted molar refractivity (Wildman–Crippen MR) is 107 cm³/mol. The van der Waals surface area contributed by atoms with Gasteiger partial charge in [0.25, 0.3) is 0 Å². The number of ether oxygens (including phenoxy) is 1. The summed E-state index contributed by atoms with van der Waals surface area (Å²) >= 11 is 0. The Kier molecular flexibility index (Phi) is 5.24. The second-order valence-electron chi connectivity index (χ2n) is 6.80. The van der Waals surface area contributed by atoms with E-state index in [1.807, 2.05) is 60.7 Å². The summed E-state index contributed by atoms with van der Waals surface area (Å²) in [6.45, 7) is 1.50. The van der Waals surface area contributed by atoms with Gasteiger partial charge in [-0.15, -0.1) is 0 Å². The number of fused-ring (bicyclic) bond motifs is 1. The number of carbonyl (C=O) groups excluding carboxylic acids is 2. The highest BCUT2D eigenvalue weighted by atomic mass is 16.5. The first-order valence-corrected chi connectivity index (χ1v) is 9.34. The lowest BCUT2D eigenvalue weighted by Crippen LogP contribution is -2.32. The first-order valence-electron chi connectivity index (χ1n) is 9.34. The average molecular weight is 388 g/mol. The lowest BCUT2D eigenvalue weighted by atomic mass is 9.94. The van der Waals surface area contributed by atoms with Crippen molar-refractivity contribution in [3.63, 3.8) is 0 Å². The van der Waals surface area contributed by atoms with Crippen LogP contribution >= 0.6 is 0 Å². The number of rotatable bonds is 5. The minimum atomic E-state index is -0.407. The van der Waals surface area contributed by atoms with Gasteiger partial charge in [-0.2, -0.15) is 0 Å². The van der Waals surface area contributed by atoms with Crippen molar-refractivity contribution in [3.8, 4) is 11.3 Å². The van der Waals surface area contributed by atoms with Crippen LogP contribution in [0.15, 0.2) is 71.4 Å². The van der Waals surface area contributed by atoms with Gasteiger partial charge in [0.05, 0.1) is 12.5 Å². The molecule has 1 aliphatic rings. The van der Waals surface area contributed by atoms with Gasteiger partial charge in [0.1, 0.15) is 12.3 Å². The van der Waals surface area contributed by atoms with Gasteiger partial charge in [0.2, 0.25) is 5.91 Å². The highest BCUT2D eigenvalue weighted by Gasteiger charge is 2.28. The maximum atomic E-state index is 12.5. The molecule has 1 amide bonds. The van der Waals surface area contributed by atoms with E-state index in [2.05, 4.69) is 5.16 Å². The first-order chi connectivity index (χ1) is 14.1. The number of amides is 1. The highest BCUT2D eigenvalue weighted by Crippen LogP contribution is 2.33. The molecule has 6 nitrogen and oxygen atoms in total. The standard InChI is InChI=1S/C23H20N2O4/c1-16(26)25-12-11-17-7-5-6-10-20(17)21(25)14-23(27)28-15-19-13-22(29-24-19)18-8-3-2-4-9-18/h2-13,21H,14-15H2,1H3. The van der Waals surface area contributed by atoms with E-state index < -0.39 is 12.0 Å². The van der Waals surface area contributed by atoms with E-state index in [9.17, 15) is 9.59 Å². The molecule has 1 atom stereocenters. The molecule has 2 heterocycles. The van der Waals surface area contributed by atoms with Crippen LogP contribution in [0.4, 0.5) is 0 Å². The number of benzene rings is 2. The van der Waals surface area contributed by atoms with Crippen molar-refractivity contribution in [3.05, 3.63) is 83.7 Å². The topological polar surface area (TPSA) is 72.6 Å². The van der Waals surface area contributed by atoms with E-state index >= 15 is 0 Å². The van der Waals surface area contributed by atoms with Crippen LogP contribution in [-0.2, 0) is 20.9 Å². The van der Waals surface area contributed by atoms with E-state index in [1.54, 1.807) is 17.2 Å². The zero-order chi connectivity index (χ0) is 20.2. The molecule has 0 bridgehead atoms. The Morgan fingerprint density at radius 1 is 1.10 bits per heavy atom. The molecule has 1 unspecified atom stereocenters. The Balaban J connectivity index is 1.42. The second kappa shape index (κ2) is 8.14. The lowest BCUT2D eigenvalue weighted by Gasteiger charge is -2.32. The Labute approximate surface area is 168 Å². The molecule has 146 valence electrons. The molecule has 0 saturated carbocycles. The largest absolute Gasteiger partial charge is 0.459 e. The zero-order valence-corrected chi connectivity index (χ0v) is 15.9. The summed E-state index contributed by atoms with van der Waals surface area (Å²) in [7, 11) is 0. The lowest BCUT2D eigenvalue weighted by molar-refractivity contribution is -0.147. The number of aromatic nitrogens is 1. The SMILES string of the molecule is CC(=O)N1C=Cc2ccccc2C1CC(=O)OCc1cc(-c2ccccc2)on1. The number of hydrogen-bond acceptors (Lipinski definition) is 5. The monoisotopic (exact) mass is 388 g/mol. The molecule has 1 aliphatic heterocycles. The van der Waals surface area contributed by atoms with E-state index in [4.69, 9.17) is 9.26 Å². The molecule has 6 heteroatoms. The van der Waals surface area contributed by atoms with Crippen molar-refractivity contribution in [1.82, 2.24) is 10.1 Å². The van der Waals surface area contributed by atoms with Crippen LogP contribution in [0.5, 0.6) is 0 Å². The third-order valence-corrected chi connectivity index (χ3v) is 4.83. The minimum absolute atomic E-state index is 0.0133. The average Bonchev–Trinajstić information content (AvgIpc) is 3.22. The second-order valence-corrected chi connectivity index (χ2v) is 6.80. The quantitative estimate of drug-likeness (QED) is 0.608. The fourth-order valence-corrected chi connectivity index (χ4v) is 3.40. The van der Waals surface area contributed by atoms with E-state index in [1.165, 1.54) is 6.92 Å². The number of nitrogens with zero attached hydrogens (tertiary/aromatic N) is 2. The van der Waals surface area contributed by atoms with Gasteiger partial charge in [-0.1, -0.05) is 59.8 Å². The summed E-state index contributed by atoms with van der Waals surface area (Å²) in [5.41, 5.74) is 3.35. The molecule has 1 aromatic heterocycles. The zero-order valence-electron chi connectivity index (χ0n) is 15.9. The normalized spacial score (nSPS) is 15.1. The molecule has 29 heavy (non-hydrogen) atoms. The fourth-order valence-electron chi connectivity index (χ4n) is 3.40. The summed E-state index contributed by atoms with van der Waals surface area (Å²) < 4.78 is 10.7. The van der Waals surface area contributed by atoms with Crippen molar-refractivity contribution >= 4 is 18.0 Å². The van der Waals surface area contributed by atoms with Gasteiger partial charge in [-0.3, -0.25) is 9.59 Å². The van der Waals surface area contributed by atoms with Crippen molar-refractivity contribution < 1.29 is 18.8 Å². The molecular weight excluding hydrogens is 368 g/mol. The van der Waals surface area contributed by atoms with Crippen molar-refractivity contribution in [2.24, 2.45) is 0 Å². The van der Waals surface area contributed by atoms with Crippen LogP contribution in [0.25, 0.3) is 17.4 Å². The molecule has 0 aliphatic carbocycles. The molecule has 0 radical (unpaired) electrons.